The zero-order valence-electron chi connectivity index (χ0n) is 10.8. The minimum absolute atomic E-state index is 0.458. The van der Waals surface area contributed by atoms with Crippen molar-refractivity contribution in [1.29, 1.82) is 0 Å². The van der Waals surface area contributed by atoms with Crippen molar-refractivity contribution in [2.45, 2.75) is 20.4 Å². The standard InChI is InChI=1S/C12H17N5O/c1-8(2)7-17-12(14-15-16-17)9-5-4-6-10(13)11(9)18-3/h4-6,8H,7,13H2,1-3H3. The van der Waals surface area contributed by atoms with Gasteiger partial charge in [0.25, 0.3) is 0 Å². The van der Waals surface area contributed by atoms with Gasteiger partial charge in [-0.1, -0.05) is 19.9 Å². The van der Waals surface area contributed by atoms with Crippen LogP contribution in [-0.2, 0) is 6.54 Å². The zero-order valence-corrected chi connectivity index (χ0v) is 10.8. The summed E-state index contributed by atoms with van der Waals surface area (Å²) >= 11 is 0. The molecule has 6 nitrogen and oxygen atoms in total. The summed E-state index contributed by atoms with van der Waals surface area (Å²) in [5.41, 5.74) is 7.27. The third-order valence-corrected chi connectivity index (χ3v) is 2.56. The Balaban J connectivity index is 2.49. The van der Waals surface area contributed by atoms with Crippen LogP contribution in [-0.4, -0.2) is 27.3 Å². The molecule has 1 aromatic heterocycles. The van der Waals surface area contributed by atoms with Crippen molar-refractivity contribution in [3.05, 3.63) is 18.2 Å². The van der Waals surface area contributed by atoms with E-state index in [0.717, 1.165) is 12.1 Å². The number of rotatable bonds is 4. The fourth-order valence-corrected chi connectivity index (χ4v) is 1.83. The number of nitrogen functional groups attached to an aromatic ring is 1. The molecule has 2 rings (SSSR count). The first-order valence-corrected chi connectivity index (χ1v) is 5.82. The maximum absolute atomic E-state index is 5.89. The molecule has 2 aromatic rings. The van der Waals surface area contributed by atoms with Gasteiger partial charge in [-0.15, -0.1) is 5.10 Å². The summed E-state index contributed by atoms with van der Waals surface area (Å²) in [5, 5.41) is 11.8. The molecule has 2 N–H and O–H groups in total. The van der Waals surface area contributed by atoms with Crippen LogP contribution in [0.5, 0.6) is 5.75 Å². The summed E-state index contributed by atoms with van der Waals surface area (Å²) in [7, 11) is 1.59. The normalized spacial score (nSPS) is 10.9. The van der Waals surface area contributed by atoms with E-state index >= 15 is 0 Å². The number of nitrogens with two attached hydrogens (primary N) is 1. The molecule has 0 radical (unpaired) electrons. The Morgan fingerprint density at radius 1 is 1.39 bits per heavy atom. The third kappa shape index (κ3) is 2.27. The van der Waals surface area contributed by atoms with Gasteiger partial charge in [0.05, 0.1) is 18.4 Å². The van der Waals surface area contributed by atoms with Crippen molar-refractivity contribution in [2.24, 2.45) is 5.92 Å². The SMILES string of the molecule is COc1c(N)cccc1-c1nnnn1CC(C)C. The summed E-state index contributed by atoms with van der Waals surface area (Å²) in [6, 6.07) is 5.55. The van der Waals surface area contributed by atoms with Crippen molar-refractivity contribution >= 4 is 5.69 Å². The molecular weight excluding hydrogens is 230 g/mol. The maximum atomic E-state index is 5.89. The maximum Gasteiger partial charge on any atom is 0.185 e. The highest BCUT2D eigenvalue weighted by atomic mass is 16.5. The van der Waals surface area contributed by atoms with Gasteiger partial charge < -0.3 is 10.5 Å². The molecule has 0 atom stereocenters. The number of aromatic nitrogens is 4. The highest BCUT2D eigenvalue weighted by Gasteiger charge is 2.16. The molecule has 1 heterocycles. The summed E-state index contributed by atoms with van der Waals surface area (Å²) in [6.45, 7) is 4.98. The molecule has 0 aliphatic heterocycles. The lowest BCUT2D eigenvalue weighted by Gasteiger charge is -2.11. The van der Waals surface area contributed by atoms with Crippen molar-refractivity contribution in [3.8, 4) is 17.1 Å². The van der Waals surface area contributed by atoms with Crippen molar-refractivity contribution in [3.63, 3.8) is 0 Å². The number of anilines is 1. The van der Waals surface area contributed by atoms with Crippen molar-refractivity contribution < 1.29 is 4.74 Å². The lowest BCUT2D eigenvalue weighted by Crippen LogP contribution is -2.08. The second-order valence-corrected chi connectivity index (χ2v) is 4.51. The summed E-state index contributed by atoms with van der Waals surface area (Å²) < 4.78 is 7.09. The minimum Gasteiger partial charge on any atom is -0.494 e. The van der Waals surface area contributed by atoms with Crippen LogP contribution in [0, 0.1) is 5.92 Å². The summed E-state index contributed by atoms with van der Waals surface area (Å²) in [6.07, 6.45) is 0. The van der Waals surface area contributed by atoms with E-state index in [-0.39, 0.29) is 0 Å². The van der Waals surface area contributed by atoms with Crippen molar-refractivity contribution in [1.82, 2.24) is 20.2 Å². The molecule has 1 aromatic carbocycles. The van der Waals surface area contributed by atoms with Crippen LogP contribution in [0.25, 0.3) is 11.4 Å². The van der Waals surface area contributed by atoms with Gasteiger partial charge >= 0.3 is 0 Å². The van der Waals surface area contributed by atoms with E-state index in [4.69, 9.17) is 10.5 Å². The largest absolute Gasteiger partial charge is 0.494 e. The van der Waals surface area contributed by atoms with E-state index in [0.29, 0.717) is 23.2 Å². The first-order chi connectivity index (χ1) is 8.63. The van der Waals surface area contributed by atoms with Gasteiger partial charge in [0.1, 0.15) is 0 Å². The number of methoxy groups -OCH3 is 1. The topological polar surface area (TPSA) is 78.8 Å². The number of hydrogen-bond acceptors (Lipinski definition) is 5. The summed E-state index contributed by atoms with van der Waals surface area (Å²) in [5.74, 6) is 1.74. The number of nitrogens with zero attached hydrogens (tertiary/aromatic N) is 4. The molecule has 0 aliphatic carbocycles. The molecule has 6 heteroatoms. The fourth-order valence-electron chi connectivity index (χ4n) is 1.83. The average molecular weight is 247 g/mol. The van der Waals surface area contributed by atoms with E-state index in [9.17, 15) is 0 Å². The minimum atomic E-state index is 0.458. The number of para-hydroxylation sites is 1. The van der Waals surface area contributed by atoms with Gasteiger partial charge in [0.2, 0.25) is 0 Å². The third-order valence-electron chi connectivity index (χ3n) is 2.56. The number of ether oxygens (including phenoxy) is 1. The van der Waals surface area contributed by atoms with Gasteiger partial charge in [-0.05, 0) is 28.5 Å². The van der Waals surface area contributed by atoms with Crippen LogP contribution >= 0.6 is 0 Å². The van der Waals surface area contributed by atoms with Crippen LogP contribution in [0.15, 0.2) is 18.2 Å². The van der Waals surface area contributed by atoms with Gasteiger partial charge in [0, 0.05) is 6.54 Å². The lowest BCUT2D eigenvalue weighted by molar-refractivity contribution is 0.417. The van der Waals surface area contributed by atoms with Crippen LogP contribution in [0.1, 0.15) is 13.8 Å². The van der Waals surface area contributed by atoms with Gasteiger partial charge in [-0.3, -0.25) is 0 Å². The van der Waals surface area contributed by atoms with Crippen molar-refractivity contribution in [2.75, 3.05) is 12.8 Å². The lowest BCUT2D eigenvalue weighted by atomic mass is 10.1. The van der Waals surface area contributed by atoms with Crippen LogP contribution in [0.3, 0.4) is 0 Å². The molecule has 0 fully saturated rings. The number of tetrazole rings is 1. The Hall–Kier alpha value is -2.11. The molecule has 96 valence electrons. The van der Waals surface area contributed by atoms with Crippen LogP contribution in [0.2, 0.25) is 0 Å². The molecule has 0 saturated heterocycles. The molecule has 0 unspecified atom stereocenters. The highest BCUT2D eigenvalue weighted by molar-refractivity contribution is 5.73. The first-order valence-electron chi connectivity index (χ1n) is 5.82. The number of hydrogen-bond donors (Lipinski definition) is 1. The second-order valence-electron chi connectivity index (χ2n) is 4.51. The van der Waals surface area contributed by atoms with E-state index in [1.54, 1.807) is 17.9 Å². The van der Waals surface area contributed by atoms with Gasteiger partial charge in [-0.2, -0.15) is 0 Å². The quantitative estimate of drug-likeness (QED) is 0.830. The van der Waals surface area contributed by atoms with E-state index < -0.39 is 0 Å². The predicted molar refractivity (Wildman–Crippen MR) is 69.1 cm³/mol. The van der Waals surface area contributed by atoms with Crippen LogP contribution < -0.4 is 10.5 Å². The van der Waals surface area contributed by atoms with E-state index in [2.05, 4.69) is 29.4 Å². The Morgan fingerprint density at radius 3 is 2.83 bits per heavy atom. The molecule has 0 spiro atoms. The van der Waals surface area contributed by atoms with E-state index in [1.807, 2.05) is 12.1 Å². The Bertz CT molecular complexity index is 535. The molecule has 0 bridgehead atoms. The fraction of sp³-hybridized carbons (Fsp3) is 0.417. The summed E-state index contributed by atoms with van der Waals surface area (Å²) in [4.78, 5) is 0. The Morgan fingerprint density at radius 2 is 2.17 bits per heavy atom. The molecular formula is C12H17N5O. The molecule has 0 amide bonds. The second kappa shape index (κ2) is 5.03. The molecule has 18 heavy (non-hydrogen) atoms. The number of benzene rings is 1. The average Bonchev–Trinajstić information content (AvgIpc) is 2.75. The molecule has 0 saturated carbocycles. The zero-order chi connectivity index (χ0) is 13.1. The van der Waals surface area contributed by atoms with Gasteiger partial charge in [0.15, 0.2) is 11.6 Å². The monoisotopic (exact) mass is 247 g/mol. The first kappa shape index (κ1) is 12.3. The predicted octanol–water partition coefficient (Wildman–Crippen LogP) is 1.59. The molecule has 0 aliphatic rings. The Labute approximate surface area is 106 Å². The Kier molecular flexibility index (Phi) is 3.45. The van der Waals surface area contributed by atoms with Gasteiger partial charge in [-0.25, -0.2) is 4.68 Å². The van der Waals surface area contributed by atoms with Crippen LogP contribution in [0.4, 0.5) is 5.69 Å². The smallest absolute Gasteiger partial charge is 0.185 e. The van der Waals surface area contributed by atoms with E-state index in [1.165, 1.54) is 0 Å². The highest BCUT2D eigenvalue weighted by Crippen LogP contribution is 2.33.